The van der Waals surface area contributed by atoms with E-state index in [2.05, 4.69) is 10.5 Å². The highest BCUT2D eigenvalue weighted by molar-refractivity contribution is 6.75. The second-order valence-electron chi connectivity index (χ2n) is 6.04. The number of hydrogen-bond donors (Lipinski definition) is 1. The van der Waals surface area contributed by atoms with E-state index in [4.69, 9.17) is 4.74 Å². The first-order valence-corrected chi connectivity index (χ1v) is 8.50. The van der Waals surface area contributed by atoms with Gasteiger partial charge in [0.1, 0.15) is 0 Å². The molecule has 1 aliphatic heterocycles. The van der Waals surface area contributed by atoms with E-state index >= 15 is 0 Å². The Labute approximate surface area is 156 Å². The van der Waals surface area contributed by atoms with Crippen LogP contribution in [0.25, 0.3) is 0 Å². The summed E-state index contributed by atoms with van der Waals surface area (Å²) in [6.07, 6.45) is 0. The van der Waals surface area contributed by atoms with Crippen molar-refractivity contribution in [1.29, 1.82) is 0 Å². The highest BCUT2D eigenvalue weighted by Crippen LogP contribution is 2.33. The summed E-state index contributed by atoms with van der Waals surface area (Å²) in [5.74, 6) is -2.40. The van der Waals surface area contributed by atoms with Gasteiger partial charge in [-0.05, 0) is 38.1 Å². The summed E-state index contributed by atoms with van der Waals surface area (Å²) >= 11 is 0. The van der Waals surface area contributed by atoms with E-state index in [1.807, 2.05) is 6.07 Å². The van der Waals surface area contributed by atoms with E-state index in [0.717, 1.165) is 4.90 Å². The lowest BCUT2D eigenvalue weighted by molar-refractivity contribution is -0.147. The lowest BCUT2D eigenvalue weighted by Crippen LogP contribution is -2.55. The first kappa shape index (κ1) is 18.3. The monoisotopic (exact) mass is 365 g/mol. The smallest absolute Gasteiger partial charge is 0.338 e. The summed E-state index contributed by atoms with van der Waals surface area (Å²) in [6, 6.07) is 17.4. The van der Waals surface area contributed by atoms with Crippen molar-refractivity contribution in [3.8, 4) is 0 Å². The molecule has 0 aromatic heterocycles. The van der Waals surface area contributed by atoms with Gasteiger partial charge in [0.15, 0.2) is 11.3 Å². The summed E-state index contributed by atoms with van der Waals surface area (Å²) in [4.78, 5) is 39.3. The molecule has 1 saturated heterocycles. The Kier molecular flexibility index (Phi) is 5.03. The summed E-state index contributed by atoms with van der Waals surface area (Å²) in [5, 5.41) is 4.11. The Morgan fingerprint density at radius 3 is 2.26 bits per heavy atom. The van der Waals surface area contributed by atoms with Crippen LogP contribution >= 0.6 is 0 Å². The number of ketones is 1. The summed E-state index contributed by atoms with van der Waals surface area (Å²) < 4.78 is 5.17. The zero-order valence-electron chi connectivity index (χ0n) is 15.0. The molecule has 1 amide bonds. The molecule has 1 unspecified atom stereocenters. The van der Waals surface area contributed by atoms with Gasteiger partial charge in [-0.2, -0.15) is 5.10 Å². The number of para-hydroxylation sites is 2. The molecule has 1 N–H and O–H groups in total. The van der Waals surface area contributed by atoms with Crippen LogP contribution < -0.4 is 10.3 Å². The molecule has 1 aliphatic rings. The van der Waals surface area contributed by atoms with Gasteiger partial charge in [-0.3, -0.25) is 19.9 Å². The standard InChI is InChI=1S/C20H19N3O4/c1-3-27-19(26)20(2)17(22-21-14-10-6-4-7-11-14)16(24)18(25)23(20)15-12-8-5-9-13-15/h4-13,21H,3H2,1-2H3. The van der Waals surface area contributed by atoms with Gasteiger partial charge in [-0.25, -0.2) is 4.79 Å². The van der Waals surface area contributed by atoms with Crippen molar-refractivity contribution in [3.05, 3.63) is 60.7 Å². The summed E-state index contributed by atoms with van der Waals surface area (Å²) in [7, 11) is 0. The molecule has 27 heavy (non-hydrogen) atoms. The molecule has 2 aromatic rings. The Balaban J connectivity index is 2.09. The predicted molar refractivity (Wildman–Crippen MR) is 101 cm³/mol. The maximum absolute atomic E-state index is 12.8. The average molecular weight is 365 g/mol. The van der Waals surface area contributed by atoms with Gasteiger partial charge in [0.05, 0.1) is 12.3 Å². The second kappa shape index (κ2) is 7.41. The molecule has 2 aromatic carbocycles. The number of hydrazone groups is 1. The SMILES string of the molecule is CCOC(=O)C1(C)C(=NNc2ccccc2)C(=O)C(=O)N1c1ccccc1. The number of carbonyl (C=O) groups excluding carboxylic acids is 3. The van der Waals surface area contributed by atoms with Crippen LogP contribution in [0.4, 0.5) is 11.4 Å². The number of Topliss-reactive ketones (excluding diaryl/α,β-unsaturated/α-hetero) is 1. The van der Waals surface area contributed by atoms with Gasteiger partial charge >= 0.3 is 11.9 Å². The summed E-state index contributed by atoms with van der Waals surface area (Å²) in [6.45, 7) is 3.23. The minimum atomic E-state index is -1.67. The maximum atomic E-state index is 12.8. The molecule has 138 valence electrons. The molecule has 1 atom stereocenters. The van der Waals surface area contributed by atoms with Crippen molar-refractivity contribution in [1.82, 2.24) is 0 Å². The number of rotatable bonds is 5. The topological polar surface area (TPSA) is 88.1 Å². The van der Waals surface area contributed by atoms with Gasteiger partial charge in [-0.15, -0.1) is 0 Å². The number of amides is 1. The van der Waals surface area contributed by atoms with Crippen LogP contribution in [0, 0.1) is 0 Å². The van der Waals surface area contributed by atoms with Crippen LogP contribution in [-0.4, -0.2) is 35.5 Å². The van der Waals surface area contributed by atoms with Gasteiger partial charge in [0.2, 0.25) is 0 Å². The van der Waals surface area contributed by atoms with E-state index in [1.165, 1.54) is 6.92 Å². The number of nitrogens with zero attached hydrogens (tertiary/aromatic N) is 2. The van der Waals surface area contributed by atoms with Crippen molar-refractivity contribution in [2.24, 2.45) is 5.10 Å². The van der Waals surface area contributed by atoms with Gasteiger partial charge in [-0.1, -0.05) is 36.4 Å². The van der Waals surface area contributed by atoms with Gasteiger partial charge in [0, 0.05) is 5.69 Å². The molecule has 7 nitrogen and oxygen atoms in total. The van der Waals surface area contributed by atoms with Crippen molar-refractivity contribution in [2.45, 2.75) is 19.4 Å². The first-order valence-electron chi connectivity index (χ1n) is 8.50. The molecule has 1 fully saturated rings. The van der Waals surface area contributed by atoms with Crippen LogP contribution in [-0.2, 0) is 19.1 Å². The maximum Gasteiger partial charge on any atom is 0.338 e. The highest BCUT2D eigenvalue weighted by Gasteiger charge is 2.60. The number of carbonyl (C=O) groups is 3. The number of anilines is 2. The molecule has 3 rings (SSSR count). The Bertz CT molecular complexity index is 896. The third-order valence-electron chi connectivity index (χ3n) is 4.28. The molecule has 0 bridgehead atoms. The lowest BCUT2D eigenvalue weighted by atomic mass is 9.95. The van der Waals surface area contributed by atoms with Crippen molar-refractivity contribution >= 4 is 34.7 Å². The molecular weight excluding hydrogens is 346 g/mol. The molecule has 0 radical (unpaired) electrons. The molecule has 1 heterocycles. The van der Waals surface area contributed by atoms with E-state index in [9.17, 15) is 14.4 Å². The zero-order chi connectivity index (χ0) is 19.4. The fraction of sp³-hybridized carbons (Fsp3) is 0.200. The van der Waals surface area contributed by atoms with Gasteiger partial charge in [0.25, 0.3) is 5.78 Å². The number of benzene rings is 2. The fourth-order valence-corrected chi connectivity index (χ4v) is 2.94. The predicted octanol–water partition coefficient (Wildman–Crippen LogP) is 2.39. The normalized spacial score (nSPS) is 20.8. The quantitative estimate of drug-likeness (QED) is 0.499. The van der Waals surface area contributed by atoms with Crippen molar-refractivity contribution < 1.29 is 19.1 Å². The second-order valence-corrected chi connectivity index (χ2v) is 6.04. The van der Waals surface area contributed by atoms with Crippen molar-refractivity contribution in [3.63, 3.8) is 0 Å². The van der Waals surface area contributed by atoms with E-state index in [-0.39, 0.29) is 12.3 Å². The zero-order valence-corrected chi connectivity index (χ0v) is 15.0. The number of nitrogens with one attached hydrogen (secondary N) is 1. The van der Waals surface area contributed by atoms with Gasteiger partial charge < -0.3 is 4.74 Å². The minimum Gasteiger partial charge on any atom is -0.464 e. The third-order valence-corrected chi connectivity index (χ3v) is 4.28. The van der Waals surface area contributed by atoms with E-state index in [1.54, 1.807) is 61.5 Å². The molecule has 7 heteroatoms. The number of esters is 1. The molecule has 0 spiro atoms. The Morgan fingerprint density at radius 2 is 1.67 bits per heavy atom. The molecule has 0 saturated carbocycles. The van der Waals surface area contributed by atoms with E-state index < -0.39 is 23.2 Å². The Morgan fingerprint density at radius 1 is 1.07 bits per heavy atom. The lowest BCUT2D eigenvalue weighted by Gasteiger charge is -2.31. The van der Waals surface area contributed by atoms with Crippen LogP contribution in [0.1, 0.15) is 13.8 Å². The van der Waals surface area contributed by atoms with Crippen LogP contribution in [0.15, 0.2) is 65.8 Å². The molecular formula is C20H19N3O4. The third kappa shape index (κ3) is 3.19. The Hall–Kier alpha value is -3.48. The number of ether oxygens (including phenoxy) is 1. The minimum absolute atomic E-state index is 0.110. The number of hydrogen-bond acceptors (Lipinski definition) is 6. The largest absolute Gasteiger partial charge is 0.464 e. The fourth-order valence-electron chi connectivity index (χ4n) is 2.94. The van der Waals surface area contributed by atoms with Crippen LogP contribution in [0.3, 0.4) is 0 Å². The van der Waals surface area contributed by atoms with E-state index in [0.29, 0.717) is 11.4 Å². The molecule has 0 aliphatic carbocycles. The average Bonchev–Trinajstić information content (AvgIpc) is 2.88. The first-order chi connectivity index (χ1) is 13.0. The van der Waals surface area contributed by atoms with Crippen molar-refractivity contribution in [2.75, 3.05) is 16.9 Å². The van der Waals surface area contributed by atoms with Crippen LogP contribution in [0.5, 0.6) is 0 Å². The highest BCUT2D eigenvalue weighted by atomic mass is 16.5. The van der Waals surface area contributed by atoms with Crippen LogP contribution in [0.2, 0.25) is 0 Å². The summed E-state index contributed by atoms with van der Waals surface area (Å²) in [5.41, 5.74) is 1.89.